The summed E-state index contributed by atoms with van der Waals surface area (Å²) in [6, 6.07) is -1.06. The van der Waals surface area contributed by atoms with Crippen LogP contribution in [-0.2, 0) is 16.0 Å². The maximum atomic E-state index is 11.3. The van der Waals surface area contributed by atoms with Gasteiger partial charge in [-0.2, -0.15) is 0 Å². The number of alkyl carbamates (subject to hydrolysis) is 1. The van der Waals surface area contributed by atoms with Gasteiger partial charge in [-0.05, 0) is 13.0 Å². The number of carboxylic acids is 1. The van der Waals surface area contributed by atoms with Crippen LogP contribution >= 0.6 is 24.8 Å². The molecule has 10 heteroatoms. The topological polar surface area (TPSA) is 130 Å². The van der Waals surface area contributed by atoms with Crippen molar-refractivity contribution < 1.29 is 19.4 Å². The number of aliphatic carboxylic acids is 1. The molecule has 1 amide bonds. The molecule has 8 nitrogen and oxygen atoms in total. The SMILES string of the molecule is Cl.Cl.NCCCOC(=O)N[C@@H](Cc1cnc[nH]1)C(=O)O. The number of ether oxygens (including phenoxy) is 1. The van der Waals surface area contributed by atoms with Gasteiger partial charge in [-0.15, -0.1) is 24.8 Å². The largest absolute Gasteiger partial charge is 0.480 e. The minimum Gasteiger partial charge on any atom is -0.480 e. The second-order valence-electron chi connectivity index (χ2n) is 3.59. The summed E-state index contributed by atoms with van der Waals surface area (Å²) in [5.41, 5.74) is 5.85. The number of aromatic nitrogens is 2. The second kappa shape index (κ2) is 11.3. The van der Waals surface area contributed by atoms with Gasteiger partial charge in [0.2, 0.25) is 0 Å². The number of nitrogens with one attached hydrogen (secondary N) is 2. The Morgan fingerprint density at radius 1 is 1.50 bits per heavy atom. The molecule has 5 N–H and O–H groups in total. The van der Waals surface area contributed by atoms with Crippen LogP contribution in [0.5, 0.6) is 0 Å². The lowest BCUT2D eigenvalue weighted by molar-refractivity contribution is -0.139. The average molecular weight is 329 g/mol. The monoisotopic (exact) mass is 328 g/mol. The number of carbonyl (C=O) groups excluding carboxylic acids is 1. The summed E-state index contributed by atoms with van der Waals surface area (Å²) < 4.78 is 4.76. The molecule has 20 heavy (non-hydrogen) atoms. The van der Waals surface area contributed by atoms with Crippen LogP contribution in [0.4, 0.5) is 4.79 Å². The summed E-state index contributed by atoms with van der Waals surface area (Å²) in [6.07, 6.45) is 2.81. The molecule has 0 bridgehead atoms. The van der Waals surface area contributed by atoms with Gasteiger partial charge in [0.25, 0.3) is 0 Å². The molecule has 1 aromatic heterocycles. The normalized spacial score (nSPS) is 10.7. The Balaban J connectivity index is 0. The minimum atomic E-state index is -1.14. The fourth-order valence-corrected chi connectivity index (χ4v) is 1.25. The predicted octanol–water partition coefficient (Wildman–Crippen LogP) is 0.324. The predicted molar refractivity (Wildman–Crippen MR) is 76.4 cm³/mol. The van der Waals surface area contributed by atoms with Crippen LogP contribution < -0.4 is 11.1 Å². The number of carbonyl (C=O) groups is 2. The minimum absolute atomic E-state index is 0. The number of H-pyrrole nitrogens is 1. The third-order valence-electron chi connectivity index (χ3n) is 2.15. The van der Waals surface area contributed by atoms with Gasteiger partial charge in [0.05, 0.1) is 12.9 Å². The van der Waals surface area contributed by atoms with Gasteiger partial charge in [0.15, 0.2) is 0 Å². The number of amides is 1. The number of nitrogens with zero attached hydrogens (tertiary/aromatic N) is 1. The van der Waals surface area contributed by atoms with E-state index >= 15 is 0 Å². The number of imidazole rings is 1. The Kier molecular flexibility index (Phi) is 11.8. The van der Waals surface area contributed by atoms with Crippen LogP contribution in [0.15, 0.2) is 12.5 Å². The first-order valence-corrected chi connectivity index (χ1v) is 5.47. The van der Waals surface area contributed by atoms with Crippen LogP contribution in [0.3, 0.4) is 0 Å². The van der Waals surface area contributed by atoms with E-state index in [4.69, 9.17) is 15.6 Å². The second-order valence-corrected chi connectivity index (χ2v) is 3.59. The smallest absolute Gasteiger partial charge is 0.407 e. The number of nitrogens with two attached hydrogens (primary N) is 1. The van der Waals surface area contributed by atoms with Crippen LogP contribution in [-0.4, -0.2) is 46.3 Å². The summed E-state index contributed by atoms with van der Waals surface area (Å²) in [5, 5.41) is 11.2. The van der Waals surface area contributed by atoms with Gasteiger partial charge in [-0.1, -0.05) is 0 Å². The van der Waals surface area contributed by atoms with E-state index in [-0.39, 0.29) is 37.8 Å². The third kappa shape index (κ3) is 7.82. The van der Waals surface area contributed by atoms with Gasteiger partial charge in [0.1, 0.15) is 6.04 Å². The van der Waals surface area contributed by atoms with E-state index in [1.807, 2.05) is 0 Å². The number of aromatic amines is 1. The Bertz CT molecular complexity index is 389. The van der Waals surface area contributed by atoms with E-state index in [1.54, 1.807) is 0 Å². The van der Waals surface area contributed by atoms with Crippen molar-refractivity contribution in [1.29, 1.82) is 0 Å². The molecule has 0 aliphatic rings. The molecule has 1 atom stereocenters. The molecule has 0 aliphatic carbocycles. The molecule has 0 fully saturated rings. The van der Waals surface area contributed by atoms with Crippen LogP contribution in [0.2, 0.25) is 0 Å². The number of halogens is 2. The van der Waals surface area contributed by atoms with Crippen LogP contribution in [0.25, 0.3) is 0 Å². The zero-order valence-corrected chi connectivity index (χ0v) is 12.2. The van der Waals surface area contributed by atoms with Crippen molar-refractivity contribution in [2.75, 3.05) is 13.2 Å². The molecular formula is C10H18Cl2N4O4. The Morgan fingerprint density at radius 3 is 2.70 bits per heavy atom. The molecule has 0 saturated heterocycles. The molecule has 0 aromatic carbocycles. The Morgan fingerprint density at radius 2 is 2.20 bits per heavy atom. The van der Waals surface area contributed by atoms with E-state index in [0.29, 0.717) is 18.7 Å². The molecule has 116 valence electrons. The van der Waals surface area contributed by atoms with E-state index in [1.165, 1.54) is 12.5 Å². The summed E-state index contributed by atoms with van der Waals surface area (Å²) in [5.74, 6) is -1.14. The van der Waals surface area contributed by atoms with Gasteiger partial charge < -0.3 is 25.9 Å². The van der Waals surface area contributed by atoms with Crippen molar-refractivity contribution in [3.8, 4) is 0 Å². The molecular weight excluding hydrogens is 311 g/mol. The summed E-state index contributed by atoms with van der Waals surface area (Å²) in [7, 11) is 0. The quantitative estimate of drug-likeness (QED) is 0.533. The Labute approximate surface area is 128 Å². The third-order valence-corrected chi connectivity index (χ3v) is 2.15. The van der Waals surface area contributed by atoms with Crippen molar-refractivity contribution in [2.45, 2.75) is 18.9 Å². The van der Waals surface area contributed by atoms with Crippen molar-refractivity contribution >= 4 is 36.9 Å². The average Bonchev–Trinajstić information content (AvgIpc) is 2.81. The first-order chi connectivity index (χ1) is 8.63. The van der Waals surface area contributed by atoms with Crippen molar-refractivity contribution in [1.82, 2.24) is 15.3 Å². The number of rotatable bonds is 7. The standard InChI is InChI=1S/C10H16N4O4.2ClH/c11-2-1-3-18-10(17)14-8(9(15)16)4-7-5-12-6-13-7;;/h5-6,8H,1-4,11H2,(H,12,13)(H,14,17)(H,15,16);2*1H/t8-;;/m0../s1. The molecule has 0 aliphatic heterocycles. The summed E-state index contributed by atoms with van der Waals surface area (Å²) >= 11 is 0. The molecule has 1 rings (SSSR count). The molecule has 1 aromatic rings. The van der Waals surface area contributed by atoms with Gasteiger partial charge in [0, 0.05) is 18.3 Å². The highest BCUT2D eigenvalue weighted by atomic mass is 35.5. The zero-order valence-electron chi connectivity index (χ0n) is 10.6. The fourth-order valence-electron chi connectivity index (χ4n) is 1.25. The number of carboxylic acid groups (broad SMARTS) is 1. The van der Waals surface area contributed by atoms with Gasteiger partial charge in [-0.3, -0.25) is 0 Å². The van der Waals surface area contributed by atoms with Crippen molar-refractivity contribution in [3.05, 3.63) is 18.2 Å². The lowest BCUT2D eigenvalue weighted by atomic mass is 10.2. The molecule has 1 heterocycles. The number of hydrogen-bond acceptors (Lipinski definition) is 5. The van der Waals surface area contributed by atoms with E-state index in [9.17, 15) is 9.59 Å². The fraction of sp³-hybridized carbons (Fsp3) is 0.500. The zero-order chi connectivity index (χ0) is 13.4. The van der Waals surface area contributed by atoms with E-state index in [0.717, 1.165) is 0 Å². The van der Waals surface area contributed by atoms with Crippen molar-refractivity contribution in [2.24, 2.45) is 5.73 Å². The highest BCUT2D eigenvalue weighted by Gasteiger charge is 2.21. The molecule has 0 spiro atoms. The van der Waals surface area contributed by atoms with Gasteiger partial charge in [-0.25, -0.2) is 14.6 Å². The van der Waals surface area contributed by atoms with Crippen molar-refractivity contribution in [3.63, 3.8) is 0 Å². The molecule has 0 saturated carbocycles. The lowest BCUT2D eigenvalue weighted by Gasteiger charge is -2.13. The lowest BCUT2D eigenvalue weighted by Crippen LogP contribution is -2.42. The van der Waals surface area contributed by atoms with E-state index in [2.05, 4.69) is 15.3 Å². The summed E-state index contributed by atoms with van der Waals surface area (Å²) in [6.45, 7) is 0.572. The van der Waals surface area contributed by atoms with E-state index < -0.39 is 18.1 Å². The number of hydrogen-bond donors (Lipinski definition) is 4. The molecule has 0 radical (unpaired) electrons. The molecule has 0 unspecified atom stereocenters. The maximum Gasteiger partial charge on any atom is 0.407 e. The maximum absolute atomic E-state index is 11.3. The first-order valence-electron chi connectivity index (χ1n) is 5.47. The van der Waals surface area contributed by atoms with Crippen LogP contribution in [0.1, 0.15) is 12.1 Å². The highest BCUT2D eigenvalue weighted by Crippen LogP contribution is 1.99. The first kappa shape index (κ1) is 20.8. The summed E-state index contributed by atoms with van der Waals surface area (Å²) in [4.78, 5) is 28.8. The van der Waals surface area contributed by atoms with Crippen LogP contribution in [0, 0.1) is 0 Å². The van der Waals surface area contributed by atoms with Gasteiger partial charge >= 0.3 is 12.1 Å². The highest BCUT2D eigenvalue weighted by molar-refractivity contribution is 5.85. The Hall–Kier alpha value is -1.51.